The molecule has 2 rings (SSSR count). The lowest BCUT2D eigenvalue weighted by atomic mass is 9.88. The maximum absolute atomic E-state index is 11.9. The van der Waals surface area contributed by atoms with Crippen LogP contribution in [0.4, 0.5) is 0 Å². The summed E-state index contributed by atoms with van der Waals surface area (Å²) in [6, 6.07) is 0. The van der Waals surface area contributed by atoms with Crippen LogP contribution in [-0.4, -0.2) is 47.7 Å². The van der Waals surface area contributed by atoms with Crippen molar-refractivity contribution in [3.8, 4) is 0 Å². The zero-order valence-corrected chi connectivity index (χ0v) is 8.68. The maximum atomic E-state index is 11.9. The largest absolute Gasteiger partial charge is 0.480 e. The lowest BCUT2D eigenvalue weighted by Crippen LogP contribution is -2.40. The molecule has 2 heterocycles. The molecule has 3 unspecified atom stereocenters. The Morgan fingerprint density at radius 1 is 1.47 bits per heavy atom. The number of fused-ring (bicyclic) bond motifs is 2. The van der Waals surface area contributed by atoms with Crippen molar-refractivity contribution >= 4 is 11.9 Å². The lowest BCUT2D eigenvalue weighted by Gasteiger charge is -2.23. The fourth-order valence-electron chi connectivity index (χ4n) is 2.46. The van der Waals surface area contributed by atoms with Crippen LogP contribution < -0.4 is 0 Å². The van der Waals surface area contributed by atoms with Crippen molar-refractivity contribution in [3.05, 3.63) is 0 Å². The molecule has 0 saturated carbocycles. The second kappa shape index (κ2) is 3.81. The molecular formula is C10H15NO4. The number of ether oxygens (including phenoxy) is 1. The van der Waals surface area contributed by atoms with Crippen molar-refractivity contribution < 1.29 is 19.4 Å². The minimum atomic E-state index is -0.977. The van der Waals surface area contributed by atoms with Gasteiger partial charge in [0.25, 0.3) is 0 Å². The van der Waals surface area contributed by atoms with E-state index >= 15 is 0 Å². The topological polar surface area (TPSA) is 66.8 Å². The number of nitrogens with zero attached hydrogens (tertiary/aromatic N) is 1. The zero-order valence-electron chi connectivity index (χ0n) is 8.68. The zero-order chi connectivity index (χ0) is 11.0. The maximum Gasteiger partial charge on any atom is 0.323 e. The van der Waals surface area contributed by atoms with E-state index in [2.05, 4.69) is 0 Å². The van der Waals surface area contributed by atoms with Gasteiger partial charge in [0.05, 0.1) is 18.1 Å². The summed E-state index contributed by atoms with van der Waals surface area (Å²) >= 11 is 0. The monoisotopic (exact) mass is 213 g/mol. The highest BCUT2D eigenvalue weighted by Crippen LogP contribution is 2.39. The van der Waals surface area contributed by atoms with E-state index in [0.717, 1.165) is 19.3 Å². The Morgan fingerprint density at radius 3 is 2.67 bits per heavy atom. The summed E-state index contributed by atoms with van der Waals surface area (Å²) in [6.45, 7) is -0.229. The van der Waals surface area contributed by atoms with Crippen molar-refractivity contribution in [1.29, 1.82) is 0 Å². The predicted molar refractivity (Wildman–Crippen MR) is 51.3 cm³/mol. The van der Waals surface area contributed by atoms with Crippen molar-refractivity contribution in [2.75, 3.05) is 13.6 Å². The van der Waals surface area contributed by atoms with Crippen LogP contribution in [0.3, 0.4) is 0 Å². The fourth-order valence-corrected chi connectivity index (χ4v) is 2.46. The Labute approximate surface area is 88.0 Å². The molecule has 15 heavy (non-hydrogen) atoms. The number of likely N-dealkylation sites (N-methyl/N-ethyl adjacent to an activating group) is 1. The van der Waals surface area contributed by atoms with E-state index in [1.807, 2.05) is 0 Å². The Morgan fingerprint density at radius 2 is 2.20 bits per heavy atom. The van der Waals surface area contributed by atoms with Gasteiger partial charge in [-0.15, -0.1) is 0 Å². The molecule has 2 aliphatic heterocycles. The minimum Gasteiger partial charge on any atom is -0.480 e. The number of carbonyl (C=O) groups excluding carboxylic acids is 1. The highest BCUT2D eigenvalue weighted by Gasteiger charge is 2.45. The van der Waals surface area contributed by atoms with E-state index in [1.165, 1.54) is 11.9 Å². The standard InChI is InChI=1S/C10H15NO4/c1-11(5-9(12)13)10(14)7-4-6-2-3-8(7)15-6/h6-8H,2-5H2,1H3,(H,12,13). The van der Waals surface area contributed by atoms with Gasteiger partial charge in [-0.25, -0.2) is 0 Å². The average molecular weight is 213 g/mol. The van der Waals surface area contributed by atoms with E-state index in [9.17, 15) is 9.59 Å². The first kappa shape index (κ1) is 10.4. The molecule has 2 saturated heterocycles. The molecule has 0 aromatic carbocycles. The molecular weight excluding hydrogens is 198 g/mol. The number of carboxylic acid groups (broad SMARTS) is 1. The van der Waals surface area contributed by atoms with Gasteiger partial charge in [0.2, 0.25) is 5.91 Å². The molecule has 1 N–H and O–H groups in total. The Balaban J connectivity index is 1.93. The molecule has 3 atom stereocenters. The van der Waals surface area contributed by atoms with Gasteiger partial charge >= 0.3 is 5.97 Å². The van der Waals surface area contributed by atoms with Gasteiger partial charge in [-0.2, -0.15) is 0 Å². The molecule has 0 aromatic rings. The smallest absolute Gasteiger partial charge is 0.323 e. The summed E-state index contributed by atoms with van der Waals surface area (Å²) in [5.74, 6) is -1.19. The number of carboxylic acids is 1. The fraction of sp³-hybridized carbons (Fsp3) is 0.800. The second-order valence-corrected chi connectivity index (χ2v) is 4.30. The third kappa shape index (κ3) is 1.97. The van der Waals surface area contributed by atoms with E-state index in [0.29, 0.717) is 0 Å². The van der Waals surface area contributed by atoms with Crippen molar-refractivity contribution in [1.82, 2.24) is 4.90 Å². The first-order valence-corrected chi connectivity index (χ1v) is 5.20. The van der Waals surface area contributed by atoms with Gasteiger partial charge in [-0.1, -0.05) is 0 Å². The Hall–Kier alpha value is -1.10. The number of rotatable bonds is 3. The summed E-state index contributed by atoms with van der Waals surface area (Å²) in [5.41, 5.74) is 0. The first-order valence-electron chi connectivity index (χ1n) is 5.20. The van der Waals surface area contributed by atoms with Crippen LogP contribution in [0.1, 0.15) is 19.3 Å². The summed E-state index contributed by atoms with van der Waals surface area (Å²) in [5, 5.41) is 8.58. The molecule has 2 aliphatic rings. The summed E-state index contributed by atoms with van der Waals surface area (Å²) < 4.78 is 5.57. The van der Waals surface area contributed by atoms with Crippen LogP contribution in [0.25, 0.3) is 0 Å². The van der Waals surface area contributed by atoms with Crippen molar-refractivity contribution in [2.45, 2.75) is 31.5 Å². The molecule has 5 nitrogen and oxygen atoms in total. The van der Waals surface area contributed by atoms with Crippen LogP contribution in [-0.2, 0) is 14.3 Å². The lowest BCUT2D eigenvalue weighted by molar-refractivity contribution is -0.145. The van der Waals surface area contributed by atoms with Gasteiger partial charge in [0.1, 0.15) is 6.54 Å². The molecule has 1 amide bonds. The highest BCUT2D eigenvalue weighted by atomic mass is 16.5. The van der Waals surface area contributed by atoms with Crippen LogP contribution >= 0.6 is 0 Å². The first-order chi connectivity index (χ1) is 7.08. The second-order valence-electron chi connectivity index (χ2n) is 4.30. The van der Waals surface area contributed by atoms with Crippen molar-refractivity contribution in [3.63, 3.8) is 0 Å². The molecule has 84 valence electrons. The number of aliphatic carboxylic acids is 1. The van der Waals surface area contributed by atoms with Crippen LogP contribution in [0.5, 0.6) is 0 Å². The third-order valence-corrected chi connectivity index (χ3v) is 3.17. The summed E-state index contributed by atoms with van der Waals surface area (Å²) in [4.78, 5) is 23.6. The van der Waals surface area contributed by atoms with Crippen molar-refractivity contribution in [2.24, 2.45) is 5.92 Å². The Bertz CT molecular complexity index is 291. The van der Waals surface area contributed by atoms with Gasteiger partial charge in [-0.05, 0) is 19.3 Å². The summed E-state index contributed by atoms with van der Waals surface area (Å²) in [7, 11) is 1.53. The highest BCUT2D eigenvalue weighted by molar-refractivity contribution is 5.83. The van der Waals surface area contributed by atoms with Crippen LogP contribution in [0, 0.1) is 5.92 Å². The molecule has 2 fully saturated rings. The molecule has 0 spiro atoms. The number of hydrogen-bond donors (Lipinski definition) is 1. The Kier molecular flexibility index (Phi) is 2.65. The SMILES string of the molecule is CN(CC(=O)O)C(=O)C1CC2CCC1O2. The van der Waals surface area contributed by atoms with E-state index in [4.69, 9.17) is 9.84 Å². The van der Waals surface area contributed by atoms with E-state index in [-0.39, 0.29) is 30.6 Å². The van der Waals surface area contributed by atoms with Gasteiger partial charge < -0.3 is 14.7 Å². The van der Waals surface area contributed by atoms with E-state index in [1.54, 1.807) is 0 Å². The molecule has 2 bridgehead atoms. The summed E-state index contributed by atoms with van der Waals surface area (Å²) in [6.07, 6.45) is 2.98. The quantitative estimate of drug-likeness (QED) is 0.722. The average Bonchev–Trinajstić information content (AvgIpc) is 2.76. The number of amides is 1. The third-order valence-electron chi connectivity index (χ3n) is 3.17. The minimum absolute atomic E-state index is 0.0266. The molecule has 0 aromatic heterocycles. The predicted octanol–water partition coefficient (Wildman–Crippen LogP) is 0.0969. The van der Waals surface area contributed by atoms with Gasteiger partial charge in [0, 0.05) is 7.05 Å². The van der Waals surface area contributed by atoms with Crippen LogP contribution in [0.15, 0.2) is 0 Å². The van der Waals surface area contributed by atoms with E-state index < -0.39 is 5.97 Å². The molecule has 0 radical (unpaired) electrons. The van der Waals surface area contributed by atoms with Crippen LogP contribution in [0.2, 0.25) is 0 Å². The number of hydrogen-bond acceptors (Lipinski definition) is 3. The molecule has 0 aliphatic carbocycles. The number of carbonyl (C=O) groups is 2. The molecule has 5 heteroatoms. The normalized spacial score (nSPS) is 33.0. The van der Waals surface area contributed by atoms with Gasteiger partial charge in [-0.3, -0.25) is 9.59 Å². The van der Waals surface area contributed by atoms with Gasteiger partial charge in [0.15, 0.2) is 0 Å².